The number of likely N-dealkylation sites (tertiary alicyclic amines) is 1. The van der Waals surface area contributed by atoms with E-state index in [1.165, 1.54) is 0 Å². The second kappa shape index (κ2) is 7.15. The van der Waals surface area contributed by atoms with Gasteiger partial charge >= 0.3 is 6.03 Å². The first kappa shape index (κ1) is 16.6. The molecule has 3 saturated heterocycles. The predicted molar refractivity (Wildman–Crippen MR) is 87.8 cm³/mol. The van der Waals surface area contributed by atoms with Gasteiger partial charge in [0.1, 0.15) is 0 Å². The van der Waals surface area contributed by atoms with Crippen molar-refractivity contribution in [3.05, 3.63) is 0 Å². The third-order valence-corrected chi connectivity index (χ3v) is 6.19. The summed E-state index contributed by atoms with van der Waals surface area (Å²) in [5.41, 5.74) is 0. The smallest absolute Gasteiger partial charge is 0.320 e. The number of aliphatic hydroxyl groups excluding tert-OH is 1. The predicted octanol–water partition coefficient (Wildman–Crippen LogP) is -0.0154. The van der Waals surface area contributed by atoms with Crippen LogP contribution in [0.5, 0.6) is 0 Å². The molecular formula is C17H29N3O4. The van der Waals surface area contributed by atoms with Crippen LogP contribution in [0.2, 0.25) is 0 Å². The maximum absolute atomic E-state index is 12.8. The molecule has 1 saturated carbocycles. The summed E-state index contributed by atoms with van der Waals surface area (Å²) in [4.78, 5) is 19.1. The number of carbonyl (C=O) groups is 1. The van der Waals surface area contributed by atoms with Gasteiger partial charge in [-0.15, -0.1) is 0 Å². The number of piperidine rings is 1. The highest BCUT2D eigenvalue weighted by atomic mass is 16.5. The Morgan fingerprint density at radius 3 is 2.33 bits per heavy atom. The van der Waals surface area contributed by atoms with Gasteiger partial charge in [0.05, 0.1) is 32.5 Å². The summed E-state index contributed by atoms with van der Waals surface area (Å²) < 4.78 is 10.8. The van der Waals surface area contributed by atoms with Gasteiger partial charge in [-0.3, -0.25) is 4.90 Å². The third-order valence-electron chi connectivity index (χ3n) is 6.19. The van der Waals surface area contributed by atoms with Crippen molar-refractivity contribution in [2.24, 2.45) is 5.92 Å². The minimum atomic E-state index is -0.417. The van der Waals surface area contributed by atoms with Gasteiger partial charge in [0.25, 0.3) is 0 Å². The molecule has 0 unspecified atom stereocenters. The van der Waals surface area contributed by atoms with E-state index >= 15 is 0 Å². The lowest BCUT2D eigenvalue weighted by molar-refractivity contribution is -0.0828. The minimum absolute atomic E-state index is 0.0885. The first-order valence-corrected chi connectivity index (χ1v) is 9.37. The summed E-state index contributed by atoms with van der Waals surface area (Å²) in [7, 11) is 0. The number of rotatable bonds is 1. The molecule has 4 aliphatic rings. The van der Waals surface area contributed by atoms with Crippen LogP contribution in [0.3, 0.4) is 0 Å². The number of aliphatic hydroxyl groups is 1. The van der Waals surface area contributed by atoms with Gasteiger partial charge in [0.15, 0.2) is 0 Å². The van der Waals surface area contributed by atoms with Gasteiger partial charge in [-0.05, 0) is 19.3 Å². The Balaban J connectivity index is 1.41. The number of fused-ring (bicyclic) bond motifs is 2. The van der Waals surface area contributed by atoms with Crippen molar-refractivity contribution in [1.82, 2.24) is 14.7 Å². The number of ether oxygens (including phenoxy) is 2. The normalized spacial score (nSPS) is 38.2. The number of hydrogen-bond acceptors (Lipinski definition) is 5. The first-order chi connectivity index (χ1) is 11.7. The van der Waals surface area contributed by atoms with Crippen LogP contribution in [-0.2, 0) is 9.47 Å². The van der Waals surface area contributed by atoms with E-state index in [0.717, 1.165) is 45.6 Å². The molecule has 4 fully saturated rings. The van der Waals surface area contributed by atoms with E-state index in [4.69, 9.17) is 9.47 Å². The fourth-order valence-corrected chi connectivity index (χ4v) is 4.88. The molecule has 1 aliphatic carbocycles. The van der Waals surface area contributed by atoms with E-state index in [-0.39, 0.29) is 18.0 Å². The van der Waals surface area contributed by atoms with Crippen molar-refractivity contribution in [3.8, 4) is 0 Å². The van der Waals surface area contributed by atoms with E-state index in [0.29, 0.717) is 38.9 Å². The third kappa shape index (κ3) is 3.14. The van der Waals surface area contributed by atoms with Crippen LogP contribution < -0.4 is 0 Å². The first-order valence-electron chi connectivity index (χ1n) is 9.37. The zero-order valence-electron chi connectivity index (χ0n) is 14.3. The number of nitrogens with zero attached hydrogens (tertiary/aromatic N) is 3. The van der Waals surface area contributed by atoms with Crippen molar-refractivity contribution >= 4 is 6.03 Å². The van der Waals surface area contributed by atoms with Gasteiger partial charge in [-0.1, -0.05) is 0 Å². The van der Waals surface area contributed by atoms with Gasteiger partial charge < -0.3 is 24.4 Å². The number of amides is 2. The fourth-order valence-electron chi connectivity index (χ4n) is 4.88. The quantitative estimate of drug-likeness (QED) is 0.728. The zero-order valence-corrected chi connectivity index (χ0v) is 14.3. The van der Waals surface area contributed by atoms with Crippen molar-refractivity contribution in [3.63, 3.8) is 0 Å². The zero-order chi connectivity index (χ0) is 16.5. The molecular weight excluding hydrogens is 310 g/mol. The minimum Gasteiger partial charge on any atom is -0.391 e. The molecule has 7 nitrogen and oxygen atoms in total. The molecule has 1 N–H and O–H groups in total. The summed E-state index contributed by atoms with van der Waals surface area (Å²) in [5, 5.41) is 10.7. The maximum Gasteiger partial charge on any atom is 0.320 e. The Morgan fingerprint density at radius 1 is 0.958 bits per heavy atom. The standard InChI is InChI=1S/C17H29N3O4/c21-16-12-20(17(22)19-5-9-24-10-6-19)13-1-2-15(14(16)11-13)18-3-7-23-8-4-18/h13-16,21H,1-12H2/t13-,14-,15+,16-/m0/s1. The van der Waals surface area contributed by atoms with E-state index in [1.54, 1.807) is 0 Å². The van der Waals surface area contributed by atoms with E-state index in [9.17, 15) is 9.90 Å². The topological polar surface area (TPSA) is 65.5 Å². The van der Waals surface area contributed by atoms with Crippen LogP contribution in [0.25, 0.3) is 0 Å². The number of morpholine rings is 2. The molecule has 0 aromatic carbocycles. The van der Waals surface area contributed by atoms with E-state index < -0.39 is 6.10 Å². The van der Waals surface area contributed by atoms with Crippen LogP contribution in [-0.4, -0.2) is 103 Å². The maximum atomic E-state index is 12.8. The second-order valence-corrected chi connectivity index (χ2v) is 7.45. The number of urea groups is 1. The second-order valence-electron chi connectivity index (χ2n) is 7.45. The van der Waals surface area contributed by atoms with Crippen LogP contribution in [0.1, 0.15) is 19.3 Å². The van der Waals surface area contributed by atoms with Gasteiger partial charge in [0, 0.05) is 50.7 Å². The molecule has 3 aliphatic heterocycles. The van der Waals surface area contributed by atoms with Crippen molar-refractivity contribution in [2.75, 3.05) is 59.2 Å². The summed E-state index contributed by atoms with van der Waals surface area (Å²) in [6.45, 7) is 6.57. The SMILES string of the molecule is O=C(N1CCOCC1)N1C[C@H](O)[C@H]2C[C@@H]1CC[C@H]2N1CCOCC1. The van der Waals surface area contributed by atoms with Crippen molar-refractivity contribution < 1.29 is 19.4 Å². The molecule has 4 rings (SSSR count). The molecule has 2 bridgehead atoms. The lowest BCUT2D eigenvalue weighted by atomic mass is 9.74. The molecule has 2 amide bonds. The number of β-amino-alcohol motifs (C(OH)–C–C–N with tert-alkyl or cyclic N) is 1. The summed E-state index contributed by atoms with van der Waals surface area (Å²) in [6.07, 6.45) is 2.62. The lowest BCUT2D eigenvalue weighted by Gasteiger charge is -2.52. The van der Waals surface area contributed by atoms with Crippen molar-refractivity contribution in [1.29, 1.82) is 0 Å². The van der Waals surface area contributed by atoms with Gasteiger partial charge in [-0.25, -0.2) is 4.79 Å². The molecule has 0 spiro atoms. The van der Waals surface area contributed by atoms with Crippen LogP contribution in [0, 0.1) is 5.92 Å². The highest BCUT2D eigenvalue weighted by Gasteiger charge is 2.46. The van der Waals surface area contributed by atoms with E-state index in [2.05, 4.69) is 4.90 Å². The van der Waals surface area contributed by atoms with Crippen LogP contribution >= 0.6 is 0 Å². The van der Waals surface area contributed by atoms with E-state index in [1.807, 2.05) is 9.80 Å². The summed E-state index contributed by atoms with van der Waals surface area (Å²) >= 11 is 0. The van der Waals surface area contributed by atoms with Crippen molar-refractivity contribution in [2.45, 2.75) is 37.5 Å². The summed E-state index contributed by atoms with van der Waals surface area (Å²) in [5.74, 6) is 0.288. The average molecular weight is 339 g/mol. The lowest BCUT2D eigenvalue weighted by Crippen LogP contribution is -2.63. The molecule has 4 atom stereocenters. The molecule has 24 heavy (non-hydrogen) atoms. The highest BCUT2D eigenvalue weighted by molar-refractivity contribution is 5.75. The number of carbonyl (C=O) groups excluding carboxylic acids is 1. The highest BCUT2D eigenvalue weighted by Crippen LogP contribution is 2.38. The molecule has 3 heterocycles. The number of hydrogen-bond donors (Lipinski definition) is 1. The Morgan fingerprint density at radius 2 is 1.62 bits per heavy atom. The fraction of sp³-hybridized carbons (Fsp3) is 0.941. The Bertz CT molecular complexity index is 451. The monoisotopic (exact) mass is 339 g/mol. The largest absolute Gasteiger partial charge is 0.391 e. The molecule has 0 aromatic rings. The molecule has 0 aromatic heterocycles. The molecule has 0 radical (unpaired) electrons. The van der Waals surface area contributed by atoms with Gasteiger partial charge in [0.2, 0.25) is 0 Å². The average Bonchev–Trinajstić information content (AvgIpc) is 2.66. The van der Waals surface area contributed by atoms with Gasteiger partial charge in [-0.2, -0.15) is 0 Å². The Labute approximate surface area is 143 Å². The molecule has 7 heteroatoms. The molecule has 136 valence electrons. The Hall–Kier alpha value is -0.890. The summed E-state index contributed by atoms with van der Waals surface area (Å²) in [6, 6.07) is 0.817. The van der Waals surface area contributed by atoms with Crippen LogP contribution in [0.4, 0.5) is 4.79 Å². The van der Waals surface area contributed by atoms with Crippen LogP contribution in [0.15, 0.2) is 0 Å². The Kier molecular flexibility index (Phi) is 4.94.